The van der Waals surface area contributed by atoms with Crippen LogP contribution in [0.15, 0.2) is 18.2 Å². The Bertz CT molecular complexity index is 198. The maximum atomic E-state index is 5.02. The minimum Gasteiger partial charge on any atom is -0.522 e. The van der Waals surface area contributed by atoms with Crippen LogP contribution in [0.2, 0.25) is 0 Å². The Morgan fingerprint density at radius 2 is 2.20 bits per heavy atom. The minimum absolute atomic E-state index is 0. The van der Waals surface area contributed by atoms with E-state index in [2.05, 4.69) is 6.07 Å². The molecule has 0 aliphatic rings. The molecule has 1 radical (unpaired) electrons. The number of rotatable bonds is 1. The predicted molar refractivity (Wildman–Crippen MR) is 36.6 cm³/mol. The first-order chi connectivity index (χ1) is 4.34. The van der Waals surface area contributed by atoms with Gasteiger partial charge in [0.25, 0.3) is 0 Å². The van der Waals surface area contributed by atoms with Gasteiger partial charge in [0, 0.05) is 38.5 Å². The van der Waals surface area contributed by atoms with E-state index in [0.717, 1.165) is 11.3 Å². The molecule has 0 unspecified atom stereocenters. The molecular weight excluding hydrogens is 201 g/mol. The van der Waals surface area contributed by atoms with Gasteiger partial charge in [0.05, 0.1) is 7.11 Å². The van der Waals surface area contributed by atoms with Crippen LogP contribution in [0.25, 0.3) is 0 Å². The maximum absolute atomic E-state index is 5.02. The molecule has 0 spiro atoms. The van der Waals surface area contributed by atoms with Crippen LogP contribution in [0.3, 0.4) is 0 Å². The Morgan fingerprint density at radius 3 is 2.60 bits per heavy atom. The largest absolute Gasteiger partial charge is 0.522 e. The fraction of sp³-hybridized carbons (Fsp3) is 0.250. The van der Waals surface area contributed by atoms with Crippen LogP contribution in [0.4, 0.5) is 0 Å². The topological polar surface area (TPSA) is 9.23 Å². The molecule has 0 N–H and O–H groups in total. The molecule has 2 heteroatoms. The number of aryl methyl sites for hydroxylation is 1. The second kappa shape index (κ2) is 4.87. The average molecular weight is 210 g/mol. The van der Waals surface area contributed by atoms with E-state index in [9.17, 15) is 0 Å². The molecule has 1 aromatic carbocycles. The Labute approximate surface area is 86.7 Å². The van der Waals surface area contributed by atoms with Gasteiger partial charge in [-0.25, -0.2) is 0 Å². The summed E-state index contributed by atoms with van der Waals surface area (Å²) in [6.45, 7) is 2.00. The summed E-state index contributed by atoms with van der Waals surface area (Å²) in [7, 11) is 1.67. The molecule has 51 valence electrons. The van der Waals surface area contributed by atoms with Crippen LogP contribution in [0, 0.1) is 13.0 Å². The Hall–Kier alpha value is 0.124. The second-order valence-corrected chi connectivity index (χ2v) is 1.90. The molecule has 0 aliphatic heterocycles. The summed E-state index contributed by atoms with van der Waals surface area (Å²) in [5.74, 6) is 0.925. The molecule has 0 aliphatic carbocycles. The molecular formula is C8H9OY-. The van der Waals surface area contributed by atoms with Crippen LogP contribution >= 0.6 is 0 Å². The molecule has 10 heavy (non-hydrogen) atoms. The van der Waals surface area contributed by atoms with E-state index in [4.69, 9.17) is 4.74 Å². The molecule has 0 fully saturated rings. The third-order valence-electron chi connectivity index (χ3n) is 1.24. The fourth-order valence-corrected chi connectivity index (χ4v) is 0.729. The number of benzene rings is 1. The number of hydrogen-bond acceptors (Lipinski definition) is 1. The van der Waals surface area contributed by atoms with Crippen molar-refractivity contribution in [2.45, 2.75) is 6.92 Å². The van der Waals surface area contributed by atoms with E-state index in [0.29, 0.717) is 0 Å². The zero-order valence-corrected chi connectivity index (χ0v) is 9.06. The zero-order chi connectivity index (χ0) is 6.69. The van der Waals surface area contributed by atoms with Gasteiger partial charge in [0.1, 0.15) is 0 Å². The molecule has 1 nitrogen and oxygen atoms in total. The summed E-state index contributed by atoms with van der Waals surface area (Å²) in [5, 5.41) is 0. The molecule has 0 aromatic heterocycles. The Morgan fingerprint density at radius 1 is 1.50 bits per heavy atom. The monoisotopic (exact) mass is 210 g/mol. The van der Waals surface area contributed by atoms with E-state index in [1.807, 2.05) is 25.1 Å². The fourth-order valence-electron chi connectivity index (χ4n) is 0.729. The SMILES string of the molecule is COc1cc[c-]cc1C.[Y]. The summed E-state index contributed by atoms with van der Waals surface area (Å²) >= 11 is 0. The van der Waals surface area contributed by atoms with E-state index < -0.39 is 0 Å². The van der Waals surface area contributed by atoms with Crippen LogP contribution in [0.1, 0.15) is 5.56 Å². The van der Waals surface area contributed by atoms with E-state index in [1.165, 1.54) is 0 Å². The van der Waals surface area contributed by atoms with Crippen molar-refractivity contribution in [2.24, 2.45) is 0 Å². The molecule has 0 amide bonds. The normalized spacial score (nSPS) is 8.20. The first-order valence-electron chi connectivity index (χ1n) is 2.85. The number of ether oxygens (including phenoxy) is 1. The summed E-state index contributed by atoms with van der Waals surface area (Å²) in [5.41, 5.74) is 1.12. The van der Waals surface area contributed by atoms with Crippen LogP contribution < -0.4 is 4.74 Å². The van der Waals surface area contributed by atoms with Crippen LogP contribution in [-0.2, 0) is 32.7 Å². The number of hydrogen-bond donors (Lipinski definition) is 0. The molecule has 1 aromatic rings. The maximum Gasteiger partial charge on any atom is 0.0743 e. The van der Waals surface area contributed by atoms with Gasteiger partial charge in [0.2, 0.25) is 0 Å². The van der Waals surface area contributed by atoms with E-state index >= 15 is 0 Å². The third-order valence-corrected chi connectivity index (χ3v) is 1.24. The van der Waals surface area contributed by atoms with Gasteiger partial charge in [-0.05, 0) is 0 Å². The first kappa shape index (κ1) is 10.1. The summed E-state index contributed by atoms with van der Waals surface area (Å²) in [6, 6.07) is 8.59. The van der Waals surface area contributed by atoms with Crippen molar-refractivity contribution >= 4 is 0 Å². The quantitative estimate of drug-likeness (QED) is 0.642. The van der Waals surface area contributed by atoms with E-state index in [-0.39, 0.29) is 32.7 Å². The molecule has 0 atom stereocenters. The van der Waals surface area contributed by atoms with Crippen molar-refractivity contribution in [1.82, 2.24) is 0 Å². The van der Waals surface area contributed by atoms with Gasteiger partial charge in [0.15, 0.2) is 0 Å². The minimum atomic E-state index is 0. The molecule has 0 bridgehead atoms. The van der Waals surface area contributed by atoms with Gasteiger partial charge in [-0.2, -0.15) is 18.2 Å². The van der Waals surface area contributed by atoms with Crippen molar-refractivity contribution in [3.05, 3.63) is 29.8 Å². The van der Waals surface area contributed by atoms with Crippen LogP contribution in [-0.4, -0.2) is 7.11 Å². The van der Waals surface area contributed by atoms with Gasteiger partial charge in [-0.3, -0.25) is 0 Å². The van der Waals surface area contributed by atoms with Crippen molar-refractivity contribution in [2.75, 3.05) is 7.11 Å². The number of methoxy groups -OCH3 is 1. The van der Waals surface area contributed by atoms with Crippen molar-refractivity contribution in [1.29, 1.82) is 0 Å². The van der Waals surface area contributed by atoms with Crippen molar-refractivity contribution in [3.8, 4) is 5.75 Å². The Balaban J connectivity index is 0.000000810. The molecule has 1 rings (SSSR count). The first-order valence-corrected chi connectivity index (χ1v) is 2.85. The van der Waals surface area contributed by atoms with Crippen molar-refractivity contribution in [3.63, 3.8) is 0 Å². The van der Waals surface area contributed by atoms with Gasteiger partial charge in [-0.15, -0.1) is 11.6 Å². The van der Waals surface area contributed by atoms with E-state index in [1.54, 1.807) is 7.11 Å². The average Bonchev–Trinajstić information content (AvgIpc) is 1.89. The predicted octanol–water partition coefficient (Wildman–Crippen LogP) is 1.80. The smallest absolute Gasteiger partial charge is 0.0743 e. The second-order valence-electron chi connectivity index (χ2n) is 1.90. The summed E-state index contributed by atoms with van der Waals surface area (Å²) < 4.78 is 5.02. The van der Waals surface area contributed by atoms with Gasteiger partial charge >= 0.3 is 0 Å². The Kier molecular flexibility index (Phi) is 4.93. The van der Waals surface area contributed by atoms with Gasteiger partial charge < -0.3 is 4.74 Å². The van der Waals surface area contributed by atoms with Crippen molar-refractivity contribution < 1.29 is 37.4 Å². The molecule has 0 heterocycles. The standard InChI is InChI=1S/C8H9O.Y/c1-7-5-3-4-6-8(7)9-2;/h4-6H,1-2H3;/q-1;. The zero-order valence-electron chi connectivity index (χ0n) is 6.22. The van der Waals surface area contributed by atoms with Gasteiger partial charge in [-0.1, -0.05) is 6.92 Å². The summed E-state index contributed by atoms with van der Waals surface area (Å²) in [6.07, 6.45) is 0. The molecule has 0 saturated carbocycles. The van der Waals surface area contributed by atoms with Crippen LogP contribution in [0.5, 0.6) is 5.75 Å². The molecule has 0 saturated heterocycles. The third kappa shape index (κ3) is 2.39. The summed E-state index contributed by atoms with van der Waals surface area (Å²) in [4.78, 5) is 0.